The maximum atomic E-state index is 4.02. The molecule has 0 aliphatic heterocycles. The third-order valence-corrected chi connectivity index (χ3v) is 3.65. The van der Waals surface area contributed by atoms with Crippen LogP contribution in [0.25, 0.3) is 5.57 Å². The van der Waals surface area contributed by atoms with Crippen LogP contribution in [0, 0.1) is 6.92 Å². The molecule has 0 fully saturated rings. The second kappa shape index (κ2) is 29.1. The molecular weight excluding hydrogens is 362 g/mol. The lowest BCUT2D eigenvalue weighted by atomic mass is 9.95. The third kappa shape index (κ3) is 22.1. The highest BCUT2D eigenvalue weighted by atomic mass is 14.6. The van der Waals surface area contributed by atoms with Crippen LogP contribution in [-0.2, 0) is 6.42 Å². The molecule has 0 saturated carbocycles. The summed E-state index contributed by atoms with van der Waals surface area (Å²) < 4.78 is 0. The molecular formula is C29H51N. The van der Waals surface area contributed by atoms with Gasteiger partial charge in [-0.25, -0.2) is 0 Å². The highest BCUT2D eigenvalue weighted by Crippen LogP contribution is 2.24. The Balaban J connectivity index is -0.000000199. The molecule has 0 bridgehead atoms. The lowest BCUT2D eigenvalue weighted by Gasteiger charge is -2.10. The number of hydrogen-bond acceptors (Lipinski definition) is 1. The SMILES string of the molecule is C/C=C/CC.C=C(C)/C(=C\C)c1ccc(CCC)c(C)c1.C=CC.CC.CC=NC. The molecule has 0 heterocycles. The Morgan fingerprint density at radius 2 is 1.57 bits per heavy atom. The van der Waals surface area contributed by atoms with Gasteiger partial charge < -0.3 is 4.99 Å². The number of aliphatic imine (C=N–C) groups is 1. The van der Waals surface area contributed by atoms with Gasteiger partial charge in [0.25, 0.3) is 0 Å². The number of allylic oxidation sites excluding steroid dienone is 6. The Kier molecular flexibility index (Phi) is 34.2. The Bertz CT molecular complexity index is 597. The third-order valence-electron chi connectivity index (χ3n) is 3.65. The first-order chi connectivity index (χ1) is 14.3. The van der Waals surface area contributed by atoms with Crippen molar-refractivity contribution in [3.05, 3.63) is 77.9 Å². The zero-order chi connectivity index (χ0) is 24.4. The number of hydrogen-bond donors (Lipinski definition) is 0. The maximum absolute atomic E-state index is 4.02. The minimum Gasteiger partial charge on any atom is -0.301 e. The van der Waals surface area contributed by atoms with E-state index in [-0.39, 0.29) is 0 Å². The van der Waals surface area contributed by atoms with Crippen molar-refractivity contribution in [2.24, 2.45) is 4.99 Å². The summed E-state index contributed by atoms with van der Waals surface area (Å²) in [7, 11) is 1.75. The van der Waals surface area contributed by atoms with Crippen molar-refractivity contribution >= 4 is 11.8 Å². The Morgan fingerprint density at radius 1 is 1.07 bits per heavy atom. The summed E-state index contributed by atoms with van der Waals surface area (Å²) >= 11 is 0. The fraction of sp³-hybridized carbons (Fsp3) is 0.483. The van der Waals surface area contributed by atoms with E-state index in [1.807, 2.05) is 34.6 Å². The largest absolute Gasteiger partial charge is 0.301 e. The quantitative estimate of drug-likeness (QED) is 0.259. The van der Waals surface area contributed by atoms with Crippen LogP contribution in [0.5, 0.6) is 0 Å². The second-order valence-corrected chi connectivity index (χ2v) is 6.28. The van der Waals surface area contributed by atoms with E-state index in [1.165, 1.54) is 35.1 Å². The predicted octanol–water partition coefficient (Wildman–Crippen LogP) is 9.82. The normalized spacial score (nSPS) is 9.77. The molecule has 0 aromatic heterocycles. The molecule has 1 aromatic carbocycles. The van der Waals surface area contributed by atoms with Crippen LogP contribution < -0.4 is 0 Å². The van der Waals surface area contributed by atoms with Crippen LogP contribution in [0.3, 0.4) is 0 Å². The molecule has 0 amide bonds. The molecule has 0 atom stereocenters. The zero-order valence-electron chi connectivity index (χ0n) is 22.1. The van der Waals surface area contributed by atoms with E-state index in [9.17, 15) is 0 Å². The summed E-state index contributed by atoms with van der Waals surface area (Å²) in [5.74, 6) is 0. The first-order valence-electron chi connectivity index (χ1n) is 11.3. The highest BCUT2D eigenvalue weighted by Gasteiger charge is 2.04. The molecule has 0 N–H and O–H groups in total. The van der Waals surface area contributed by atoms with Crippen LogP contribution in [0.1, 0.15) is 91.8 Å². The van der Waals surface area contributed by atoms with Gasteiger partial charge in [-0.1, -0.05) is 88.8 Å². The Morgan fingerprint density at radius 3 is 1.80 bits per heavy atom. The van der Waals surface area contributed by atoms with Crippen LogP contribution in [0.2, 0.25) is 0 Å². The van der Waals surface area contributed by atoms with E-state index in [0.717, 1.165) is 12.0 Å². The summed E-state index contributed by atoms with van der Waals surface area (Å²) in [5, 5.41) is 0. The monoisotopic (exact) mass is 413 g/mol. The summed E-state index contributed by atoms with van der Waals surface area (Å²) in [6.45, 7) is 27.9. The molecule has 30 heavy (non-hydrogen) atoms. The fourth-order valence-corrected chi connectivity index (χ4v) is 2.31. The van der Waals surface area contributed by atoms with E-state index in [1.54, 1.807) is 19.3 Å². The minimum absolute atomic E-state index is 1.13. The van der Waals surface area contributed by atoms with E-state index < -0.39 is 0 Å². The molecule has 0 aliphatic carbocycles. The van der Waals surface area contributed by atoms with E-state index >= 15 is 0 Å². The second-order valence-electron chi connectivity index (χ2n) is 6.28. The van der Waals surface area contributed by atoms with Crippen molar-refractivity contribution in [2.75, 3.05) is 7.05 Å². The topological polar surface area (TPSA) is 12.4 Å². The number of benzene rings is 1. The average Bonchev–Trinajstić information content (AvgIpc) is 2.74. The van der Waals surface area contributed by atoms with Crippen molar-refractivity contribution in [2.45, 2.75) is 88.5 Å². The van der Waals surface area contributed by atoms with Gasteiger partial charge in [0.05, 0.1) is 0 Å². The first-order valence-corrected chi connectivity index (χ1v) is 11.3. The molecule has 0 unspecified atom stereocenters. The Hall–Kier alpha value is -2.15. The van der Waals surface area contributed by atoms with Gasteiger partial charge in [-0.15, -0.1) is 6.58 Å². The molecule has 0 aliphatic rings. The summed E-state index contributed by atoms with van der Waals surface area (Å²) in [4.78, 5) is 3.61. The molecule has 172 valence electrons. The summed E-state index contributed by atoms with van der Waals surface area (Å²) in [6, 6.07) is 6.73. The Labute approximate surface area is 190 Å². The van der Waals surface area contributed by atoms with Gasteiger partial charge in [0.1, 0.15) is 0 Å². The molecule has 1 heteroatoms. The standard InChI is InChI=1S/C16H22.C5H10.C3H7N.C3H6.C2H6/c1-6-8-14-9-10-15(11-13(14)5)16(7-2)12(3)4;1-3-5-4-2;1-3-4-2;1-3-2;1-2/h7,9-11H,3,6,8H2,1-2,4-5H3;3,5H,4H2,1-2H3;3H,1-2H3;3H,1H2,2H3;1-2H3/b16-7+;5-3+;;;. The minimum atomic E-state index is 1.13. The zero-order valence-corrected chi connectivity index (χ0v) is 22.1. The van der Waals surface area contributed by atoms with E-state index in [0.29, 0.717) is 0 Å². The van der Waals surface area contributed by atoms with Gasteiger partial charge in [0, 0.05) is 7.05 Å². The lowest BCUT2D eigenvalue weighted by Crippen LogP contribution is -1.92. The summed E-state index contributed by atoms with van der Waals surface area (Å²) in [6.07, 6.45) is 13.4. The molecule has 0 saturated heterocycles. The van der Waals surface area contributed by atoms with Gasteiger partial charge in [-0.05, 0) is 82.9 Å². The molecule has 0 radical (unpaired) electrons. The van der Waals surface area contributed by atoms with Crippen LogP contribution in [0.15, 0.2) is 66.2 Å². The predicted molar refractivity (Wildman–Crippen MR) is 146 cm³/mol. The van der Waals surface area contributed by atoms with Gasteiger partial charge >= 0.3 is 0 Å². The van der Waals surface area contributed by atoms with Crippen LogP contribution >= 0.6 is 0 Å². The smallest absolute Gasteiger partial charge is 0.0273 e. The van der Waals surface area contributed by atoms with Crippen molar-refractivity contribution in [3.63, 3.8) is 0 Å². The van der Waals surface area contributed by atoms with Crippen molar-refractivity contribution < 1.29 is 0 Å². The number of aryl methyl sites for hydroxylation is 2. The average molecular weight is 414 g/mol. The van der Waals surface area contributed by atoms with Gasteiger partial charge in [-0.2, -0.15) is 0 Å². The van der Waals surface area contributed by atoms with Crippen molar-refractivity contribution in [3.8, 4) is 0 Å². The van der Waals surface area contributed by atoms with E-state index in [4.69, 9.17) is 0 Å². The van der Waals surface area contributed by atoms with Crippen LogP contribution in [0.4, 0.5) is 0 Å². The number of nitrogens with zero attached hydrogens (tertiary/aromatic N) is 1. The van der Waals surface area contributed by atoms with E-state index in [2.05, 4.69) is 89.2 Å². The highest BCUT2D eigenvalue weighted by molar-refractivity contribution is 5.78. The number of rotatable bonds is 5. The van der Waals surface area contributed by atoms with Crippen molar-refractivity contribution in [1.82, 2.24) is 0 Å². The molecule has 1 aromatic rings. The molecule has 0 spiro atoms. The van der Waals surface area contributed by atoms with Gasteiger partial charge in [-0.3, -0.25) is 0 Å². The van der Waals surface area contributed by atoms with Crippen molar-refractivity contribution in [1.29, 1.82) is 0 Å². The van der Waals surface area contributed by atoms with Gasteiger partial charge in [0.2, 0.25) is 0 Å². The lowest BCUT2D eigenvalue weighted by molar-refractivity contribution is 0.912. The fourth-order valence-electron chi connectivity index (χ4n) is 2.31. The van der Waals surface area contributed by atoms with Crippen LogP contribution in [-0.4, -0.2) is 13.3 Å². The maximum Gasteiger partial charge on any atom is 0.0273 e. The van der Waals surface area contributed by atoms with Gasteiger partial charge in [0.15, 0.2) is 0 Å². The first kappa shape index (κ1) is 35.3. The summed E-state index contributed by atoms with van der Waals surface area (Å²) in [5.41, 5.74) is 6.52. The molecule has 1 rings (SSSR count). The molecule has 1 nitrogen and oxygen atoms in total.